The van der Waals surface area contributed by atoms with Gasteiger partial charge in [0.2, 0.25) is 10.0 Å². The first-order valence-corrected chi connectivity index (χ1v) is 12.5. The van der Waals surface area contributed by atoms with Crippen LogP contribution in [0.4, 0.5) is 0 Å². The third-order valence-electron chi connectivity index (χ3n) is 6.48. The zero-order valence-corrected chi connectivity index (χ0v) is 19.7. The Morgan fingerprint density at radius 3 is 2.59 bits per heavy atom. The van der Waals surface area contributed by atoms with E-state index in [2.05, 4.69) is 30.0 Å². The Bertz CT molecular complexity index is 1150. The van der Waals surface area contributed by atoms with E-state index in [9.17, 15) is 13.7 Å². The minimum absolute atomic E-state index is 0.0351. The predicted octanol–water partition coefficient (Wildman–Crippen LogP) is 2.93. The van der Waals surface area contributed by atoms with Gasteiger partial charge in [0.15, 0.2) is 0 Å². The summed E-state index contributed by atoms with van der Waals surface area (Å²) in [6.45, 7) is 1.88. The Morgan fingerprint density at radius 1 is 1.25 bits per heavy atom. The van der Waals surface area contributed by atoms with Crippen molar-refractivity contribution in [1.82, 2.24) is 9.80 Å². The Hall–Kier alpha value is -2.15. The van der Waals surface area contributed by atoms with Gasteiger partial charge in [-0.3, -0.25) is 4.90 Å². The number of nitriles is 1. The van der Waals surface area contributed by atoms with E-state index < -0.39 is 10.0 Å². The van der Waals surface area contributed by atoms with Crippen LogP contribution in [0.5, 0.6) is 5.75 Å². The lowest BCUT2D eigenvalue weighted by molar-refractivity contribution is 0.0380. The monoisotopic (exact) mass is 474 g/mol. The van der Waals surface area contributed by atoms with E-state index in [0.29, 0.717) is 28.8 Å². The minimum atomic E-state index is -3.77. The van der Waals surface area contributed by atoms with Crippen molar-refractivity contribution in [2.45, 2.75) is 42.3 Å². The van der Waals surface area contributed by atoms with E-state index in [1.807, 2.05) is 6.07 Å². The number of fused-ring (bicyclic) bond motifs is 1. The molecule has 1 heterocycles. The maximum Gasteiger partial charge on any atom is 0.238 e. The fourth-order valence-corrected chi connectivity index (χ4v) is 5.53. The van der Waals surface area contributed by atoms with E-state index in [0.717, 1.165) is 37.1 Å². The molecule has 0 aromatic heterocycles. The summed E-state index contributed by atoms with van der Waals surface area (Å²) in [5.74, 6) is 0.542. The second kappa shape index (κ2) is 9.00. The van der Waals surface area contributed by atoms with Gasteiger partial charge in [0, 0.05) is 17.6 Å². The van der Waals surface area contributed by atoms with Gasteiger partial charge in [-0.15, -0.1) is 0 Å². The zero-order chi connectivity index (χ0) is 23.0. The SMILES string of the molecule is CN(C)[C@@H]1CCCN([C@H]2Cc3c(C#N)cc(Cl)cc3[C@@H]2Oc2ccc(S(N)(=O)=O)cc2)C1. The molecule has 0 saturated carbocycles. The number of likely N-dealkylation sites (tertiary alicyclic amines) is 1. The molecule has 3 atom stereocenters. The van der Waals surface area contributed by atoms with Crippen LogP contribution in [0.25, 0.3) is 0 Å². The number of hydrogen-bond donors (Lipinski definition) is 1. The van der Waals surface area contributed by atoms with Crippen molar-refractivity contribution < 1.29 is 13.2 Å². The second-order valence-corrected chi connectivity index (χ2v) is 10.7. The molecule has 32 heavy (non-hydrogen) atoms. The summed E-state index contributed by atoms with van der Waals surface area (Å²) < 4.78 is 29.6. The quantitative estimate of drug-likeness (QED) is 0.715. The summed E-state index contributed by atoms with van der Waals surface area (Å²) in [4.78, 5) is 4.74. The Kier molecular flexibility index (Phi) is 6.48. The highest BCUT2D eigenvalue weighted by atomic mass is 35.5. The topological polar surface area (TPSA) is 99.7 Å². The van der Waals surface area contributed by atoms with Crippen LogP contribution >= 0.6 is 11.6 Å². The zero-order valence-electron chi connectivity index (χ0n) is 18.2. The maximum absolute atomic E-state index is 11.6. The molecular weight excluding hydrogens is 448 g/mol. The molecule has 0 unspecified atom stereocenters. The number of rotatable bonds is 5. The first-order chi connectivity index (χ1) is 15.2. The lowest BCUT2D eigenvalue weighted by Gasteiger charge is -2.41. The number of piperidine rings is 1. The molecular formula is C23H27ClN4O3S. The third kappa shape index (κ3) is 4.63. The Morgan fingerprint density at radius 2 is 1.97 bits per heavy atom. The fourth-order valence-electron chi connectivity index (χ4n) is 4.79. The molecule has 1 saturated heterocycles. The molecule has 0 amide bonds. The summed E-state index contributed by atoms with van der Waals surface area (Å²) in [7, 11) is 0.432. The molecule has 7 nitrogen and oxygen atoms in total. The summed E-state index contributed by atoms with van der Waals surface area (Å²) in [6, 6.07) is 12.5. The largest absolute Gasteiger partial charge is 0.484 e. The molecule has 1 fully saturated rings. The van der Waals surface area contributed by atoms with Crippen molar-refractivity contribution >= 4 is 21.6 Å². The molecule has 0 bridgehead atoms. The van der Waals surface area contributed by atoms with Gasteiger partial charge in [-0.2, -0.15) is 5.26 Å². The molecule has 4 rings (SSSR count). The molecule has 0 spiro atoms. The first kappa shape index (κ1) is 23.0. The van der Waals surface area contributed by atoms with Gasteiger partial charge in [0.1, 0.15) is 11.9 Å². The van der Waals surface area contributed by atoms with Crippen molar-refractivity contribution in [1.29, 1.82) is 5.26 Å². The van der Waals surface area contributed by atoms with Crippen LogP contribution in [0.15, 0.2) is 41.3 Å². The molecule has 2 aromatic rings. The van der Waals surface area contributed by atoms with Gasteiger partial charge < -0.3 is 9.64 Å². The van der Waals surface area contributed by atoms with Crippen LogP contribution in [0.1, 0.15) is 35.6 Å². The second-order valence-electron chi connectivity index (χ2n) is 8.71. The smallest absolute Gasteiger partial charge is 0.238 e. The molecule has 0 radical (unpaired) electrons. The molecule has 1 aliphatic heterocycles. The summed E-state index contributed by atoms with van der Waals surface area (Å²) >= 11 is 6.34. The first-order valence-electron chi connectivity index (χ1n) is 10.6. The van der Waals surface area contributed by atoms with Gasteiger partial charge >= 0.3 is 0 Å². The number of nitrogens with two attached hydrogens (primary N) is 1. The van der Waals surface area contributed by atoms with Crippen LogP contribution in [0.2, 0.25) is 5.02 Å². The van der Waals surface area contributed by atoms with E-state index in [1.165, 1.54) is 12.1 Å². The molecule has 1 aliphatic carbocycles. The van der Waals surface area contributed by atoms with E-state index in [1.54, 1.807) is 18.2 Å². The number of halogens is 1. The van der Waals surface area contributed by atoms with Gasteiger partial charge in [0.05, 0.1) is 22.6 Å². The lowest BCUT2D eigenvalue weighted by atomic mass is 10.0. The maximum atomic E-state index is 11.6. The Balaban J connectivity index is 1.69. The van der Waals surface area contributed by atoms with Gasteiger partial charge in [-0.25, -0.2) is 13.6 Å². The van der Waals surface area contributed by atoms with Crippen LogP contribution in [-0.2, 0) is 16.4 Å². The molecule has 2 N–H and O–H groups in total. The molecule has 2 aromatic carbocycles. The average molecular weight is 475 g/mol. The van der Waals surface area contributed by atoms with Crippen molar-refractivity contribution in [3.8, 4) is 11.8 Å². The summed E-state index contributed by atoms with van der Waals surface area (Å²) in [6.07, 6.45) is 2.63. The van der Waals surface area contributed by atoms with Crippen molar-refractivity contribution in [3.05, 3.63) is 58.1 Å². The van der Waals surface area contributed by atoms with Crippen LogP contribution < -0.4 is 9.88 Å². The Labute approximate surface area is 194 Å². The third-order valence-corrected chi connectivity index (χ3v) is 7.63. The molecule has 2 aliphatic rings. The number of benzene rings is 2. The number of nitrogens with zero attached hydrogens (tertiary/aromatic N) is 3. The van der Waals surface area contributed by atoms with E-state index in [-0.39, 0.29) is 17.0 Å². The average Bonchev–Trinajstić information content (AvgIpc) is 3.11. The van der Waals surface area contributed by atoms with Crippen LogP contribution in [0, 0.1) is 11.3 Å². The highest BCUT2D eigenvalue weighted by Gasteiger charge is 2.41. The van der Waals surface area contributed by atoms with Crippen LogP contribution in [0.3, 0.4) is 0 Å². The predicted molar refractivity (Wildman–Crippen MR) is 123 cm³/mol. The normalized spacial score (nSPS) is 23.7. The minimum Gasteiger partial charge on any atom is -0.484 e. The van der Waals surface area contributed by atoms with E-state index in [4.69, 9.17) is 21.5 Å². The summed E-state index contributed by atoms with van der Waals surface area (Å²) in [5, 5.41) is 15.4. The number of ether oxygens (including phenoxy) is 1. The number of hydrogen-bond acceptors (Lipinski definition) is 6. The summed E-state index contributed by atoms with van der Waals surface area (Å²) in [5.41, 5.74) is 2.47. The van der Waals surface area contributed by atoms with Gasteiger partial charge in [0.25, 0.3) is 0 Å². The van der Waals surface area contributed by atoms with Gasteiger partial charge in [-0.1, -0.05) is 11.6 Å². The molecule has 9 heteroatoms. The number of likely N-dealkylation sites (N-methyl/N-ethyl adjacent to an activating group) is 1. The molecule has 170 valence electrons. The van der Waals surface area contributed by atoms with Crippen molar-refractivity contribution in [3.63, 3.8) is 0 Å². The van der Waals surface area contributed by atoms with Gasteiger partial charge in [-0.05, 0) is 87.4 Å². The fraction of sp³-hybridized carbons (Fsp3) is 0.435. The lowest BCUT2D eigenvalue weighted by Crippen LogP contribution is -2.51. The number of sulfonamides is 1. The highest BCUT2D eigenvalue weighted by molar-refractivity contribution is 7.89. The highest BCUT2D eigenvalue weighted by Crippen LogP contribution is 2.42. The van der Waals surface area contributed by atoms with Crippen LogP contribution in [-0.4, -0.2) is 57.5 Å². The number of primary sulfonamides is 1. The van der Waals surface area contributed by atoms with E-state index >= 15 is 0 Å². The van der Waals surface area contributed by atoms with Crippen molar-refractivity contribution in [2.24, 2.45) is 5.14 Å². The van der Waals surface area contributed by atoms with Crippen molar-refractivity contribution in [2.75, 3.05) is 27.2 Å². The standard InChI is InChI=1S/C23H27ClN4O3S/c1-27(2)17-4-3-9-28(14-17)22-12-20-15(13-25)10-16(24)11-21(20)23(22)31-18-5-7-19(8-6-18)32(26,29)30/h5-8,10-11,17,22-23H,3-4,9,12,14H2,1-2H3,(H2,26,29,30)/t17-,22+,23+/m1/s1.